The first kappa shape index (κ1) is 28.0. The van der Waals surface area contributed by atoms with Crippen molar-refractivity contribution >= 4 is 23.9 Å². The minimum absolute atomic E-state index is 0.0487. The van der Waals surface area contributed by atoms with Crippen LogP contribution in [0.25, 0.3) is 0 Å². The summed E-state index contributed by atoms with van der Waals surface area (Å²) >= 11 is 0. The first-order valence-corrected chi connectivity index (χ1v) is 13.0. The Kier molecular flexibility index (Phi) is 7.11. The number of benzene rings is 1. The molecule has 2 aliphatic heterocycles. The molecule has 1 spiro atoms. The summed E-state index contributed by atoms with van der Waals surface area (Å²) in [7, 11) is 1.96. The van der Waals surface area contributed by atoms with E-state index in [0.29, 0.717) is 30.6 Å². The van der Waals surface area contributed by atoms with Gasteiger partial charge < -0.3 is 44.6 Å². The summed E-state index contributed by atoms with van der Waals surface area (Å²) < 4.78 is 16.5. The van der Waals surface area contributed by atoms with Crippen molar-refractivity contribution in [3.8, 4) is 5.75 Å². The third-order valence-corrected chi connectivity index (χ3v) is 8.61. The highest BCUT2D eigenvalue weighted by Gasteiger charge is 2.70. The molecule has 2 heterocycles. The fourth-order valence-electron chi connectivity index (χ4n) is 6.86. The fourth-order valence-corrected chi connectivity index (χ4v) is 6.86. The summed E-state index contributed by atoms with van der Waals surface area (Å²) in [6.07, 6.45) is -3.48. The molecule has 5 N–H and O–H groups in total. The number of carbonyl (C=O) groups excluding carboxylic acids is 2. The van der Waals surface area contributed by atoms with Crippen LogP contribution in [0.1, 0.15) is 48.8 Å². The van der Waals surface area contributed by atoms with Gasteiger partial charge in [-0.05, 0) is 44.5 Å². The number of aliphatic hydroxyl groups is 3. The van der Waals surface area contributed by atoms with Crippen LogP contribution >= 0.6 is 0 Å². The topological polar surface area (TPSA) is 200 Å². The number of likely N-dealkylation sites (tertiary alicyclic amines) is 1. The van der Waals surface area contributed by atoms with Crippen LogP contribution in [0.3, 0.4) is 0 Å². The average Bonchev–Trinajstić information content (AvgIpc) is 3.23. The van der Waals surface area contributed by atoms with E-state index in [-0.39, 0.29) is 24.8 Å². The molecule has 0 unspecified atom stereocenters. The van der Waals surface area contributed by atoms with Gasteiger partial charge in [-0.1, -0.05) is 12.1 Å². The number of nitrogens with zero attached hydrogens (tertiary/aromatic N) is 1. The summed E-state index contributed by atoms with van der Waals surface area (Å²) in [4.78, 5) is 49.1. The number of likely N-dealkylation sites (N-methyl/N-ethyl adjacent to an activating group) is 1. The molecular weight excluding hydrogens is 530 g/mol. The van der Waals surface area contributed by atoms with Crippen LogP contribution in [0.2, 0.25) is 0 Å². The number of aliphatic carboxylic acids is 2. The number of carboxylic acids is 2. The molecule has 4 aliphatic rings. The molecule has 6 atom stereocenters. The van der Waals surface area contributed by atoms with Crippen molar-refractivity contribution in [2.45, 2.75) is 80.5 Å². The van der Waals surface area contributed by atoms with Crippen molar-refractivity contribution in [3.63, 3.8) is 0 Å². The molecule has 0 saturated carbocycles. The molecular formula is C27H31NO12. The Hall–Kier alpha value is -3.52. The Morgan fingerprint density at radius 2 is 1.95 bits per heavy atom. The van der Waals surface area contributed by atoms with Crippen LogP contribution in [0.4, 0.5) is 0 Å². The molecule has 2 aliphatic carbocycles. The maximum absolute atomic E-state index is 12.9. The maximum Gasteiger partial charge on any atom is 0.345 e. The number of esters is 2. The average molecular weight is 562 g/mol. The van der Waals surface area contributed by atoms with Gasteiger partial charge in [0.05, 0.1) is 30.5 Å². The molecule has 1 aromatic carbocycles. The molecule has 0 radical (unpaired) electrons. The summed E-state index contributed by atoms with van der Waals surface area (Å²) in [5.74, 6) is -5.23. The normalized spacial score (nSPS) is 29.6. The van der Waals surface area contributed by atoms with E-state index in [4.69, 9.17) is 19.7 Å². The molecule has 1 aromatic rings. The Labute approximate surface area is 228 Å². The first-order chi connectivity index (χ1) is 18.9. The smallest absolute Gasteiger partial charge is 0.345 e. The lowest BCUT2D eigenvalue weighted by Gasteiger charge is -2.56. The second-order valence-corrected chi connectivity index (χ2v) is 10.8. The van der Waals surface area contributed by atoms with Crippen molar-refractivity contribution < 1.29 is 58.9 Å². The van der Waals surface area contributed by atoms with Crippen LogP contribution in [-0.4, -0.2) is 97.9 Å². The van der Waals surface area contributed by atoms with E-state index >= 15 is 0 Å². The van der Waals surface area contributed by atoms with E-state index < -0.39 is 66.0 Å². The fraction of sp³-hybridized carbons (Fsp3) is 0.556. The lowest BCUT2D eigenvalue weighted by Crippen LogP contribution is -2.69. The predicted octanol–water partition coefficient (Wildman–Crippen LogP) is -0.388. The van der Waals surface area contributed by atoms with Crippen LogP contribution in [0, 0.1) is 0 Å². The highest BCUT2D eigenvalue weighted by molar-refractivity contribution is 5.85. The van der Waals surface area contributed by atoms with E-state index in [9.17, 15) is 34.5 Å². The SMILES string of the molecule is CN1CCC[C@]23c4c5ccc(CO)c4O[C@H]2C(OC(=O)[C@@H](O)CC(=O)O[C@H](CC(=O)O)C(=O)O)=CC[C@@]3(O)[C@H]1C5. The molecule has 1 fully saturated rings. The number of rotatable bonds is 9. The minimum Gasteiger partial charge on any atom is -0.481 e. The van der Waals surface area contributed by atoms with Crippen molar-refractivity contribution in [2.75, 3.05) is 13.6 Å². The molecule has 0 amide bonds. The highest BCUT2D eigenvalue weighted by atomic mass is 16.6. The van der Waals surface area contributed by atoms with Gasteiger partial charge in [0.1, 0.15) is 11.5 Å². The van der Waals surface area contributed by atoms with Crippen LogP contribution in [-0.2, 0) is 47.1 Å². The largest absolute Gasteiger partial charge is 0.481 e. The summed E-state index contributed by atoms with van der Waals surface area (Å²) in [6.45, 7) is 0.429. The molecule has 1 saturated heterocycles. The zero-order valence-corrected chi connectivity index (χ0v) is 21.7. The molecule has 40 heavy (non-hydrogen) atoms. The lowest BCUT2D eigenvalue weighted by atomic mass is 9.52. The van der Waals surface area contributed by atoms with Crippen molar-refractivity contribution in [2.24, 2.45) is 0 Å². The van der Waals surface area contributed by atoms with Crippen LogP contribution in [0.5, 0.6) is 5.75 Å². The van der Waals surface area contributed by atoms with Gasteiger partial charge >= 0.3 is 23.9 Å². The predicted molar refractivity (Wildman–Crippen MR) is 132 cm³/mol. The van der Waals surface area contributed by atoms with Gasteiger partial charge in [-0.25, -0.2) is 9.59 Å². The Bertz CT molecular complexity index is 1290. The minimum atomic E-state index is -2.04. The van der Waals surface area contributed by atoms with Gasteiger partial charge in [-0.2, -0.15) is 0 Å². The van der Waals surface area contributed by atoms with E-state index in [1.165, 1.54) is 0 Å². The second-order valence-electron chi connectivity index (χ2n) is 10.8. The number of hydrogen-bond donors (Lipinski definition) is 5. The number of hydrogen-bond acceptors (Lipinski definition) is 11. The van der Waals surface area contributed by atoms with E-state index in [1.807, 2.05) is 13.1 Å². The van der Waals surface area contributed by atoms with Gasteiger partial charge in [0.15, 0.2) is 12.2 Å². The van der Waals surface area contributed by atoms with Gasteiger partial charge in [0.25, 0.3) is 0 Å². The van der Waals surface area contributed by atoms with Crippen LogP contribution in [0.15, 0.2) is 24.0 Å². The van der Waals surface area contributed by atoms with Crippen molar-refractivity contribution in [1.29, 1.82) is 0 Å². The van der Waals surface area contributed by atoms with E-state index in [2.05, 4.69) is 9.64 Å². The Balaban J connectivity index is 1.40. The molecule has 2 bridgehead atoms. The van der Waals surface area contributed by atoms with Gasteiger partial charge in [0.2, 0.25) is 6.10 Å². The summed E-state index contributed by atoms with van der Waals surface area (Å²) in [6, 6.07) is 3.46. The maximum atomic E-state index is 12.9. The quantitative estimate of drug-likeness (QED) is 0.244. The first-order valence-electron chi connectivity index (χ1n) is 13.0. The van der Waals surface area contributed by atoms with Crippen LogP contribution < -0.4 is 4.74 Å². The molecule has 13 nitrogen and oxygen atoms in total. The highest BCUT2D eigenvalue weighted by Crippen LogP contribution is 2.64. The van der Waals surface area contributed by atoms with E-state index in [0.717, 1.165) is 17.7 Å². The Morgan fingerprint density at radius 1 is 1.20 bits per heavy atom. The zero-order chi connectivity index (χ0) is 29.0. The summed E-state index contributed by atoms with van der Waals surface area (Å²) in [5, 5.41) is 50.5. The number of ether oxygens (including phenoxy) is 3. The monoisotopic (exact) mass is 561 g/mol. The third-order valence-electron chi connectivity index (χ3n) is 8.61. The van der Waals surface area contributed by atoms with Crippen molar-refractivity contribution in [3.05, 3.63) is 40.7 Å². The number of carboxylic acid groups (broad SMARTS) is 2. The van der Waals surface area contributed by atoms with Gasteiger partial charge in [0, 0.05) is 23.6 Å². The molecule has 0 aromatic heterocycles. The third kappa shape index (κ3) is 4.24. The number of aliphatic hydroxyl groups excluding tert-OH is 2. The van der Waals surface area contributed by atoms with Crippen molar-refractivity contribution in [1.82, 2.24) is 4.90 Å². The molecule has 5 rings (SSSR count). The number of carbonyl (C=O) groups is 4. The zero-order valence-electron chi connectivity index (χ0n) is 21.7. The molecule has 216 valence electrons. The Morgan fingerprint density at radius 3 is 2.62 bits per heavy atom. The lowest BCUT2D eigenvalue weighted by molar-refractivity contribution is -0.171. The standard InChI is InChI=1S/C27H31NO12/c1-28-8-2-6-26-21-13-3-4-14(12-29)22(21)40-23(26)16(5-7-27(26,37)18(28)9-13)39-25(36)15(30)10-20(33)38-17(24(34)35)11-19(31)32/h3-5,15,17-18,23,29-30,37H,2,6-12H2,1H3,(H,31,32)(H,34,35)/t15-,17+,18+,23-,26-,27+/m0/s1. The second kappa shape index (κ2) is 10.1. The molecule has 13 heteroatoms. The van der Waals surface area contributed by atoms with Gasteiger partial charge in [-0.15, -0.1) is 0 Å². The summed E-state index contributed by atoms with van der Waals surface area (Å²) in [5.41, 5.74) is 0.0356. The van der Waals surface area contributed by atoms with E-state index in [1.54, 1.807) is 12.1 Å². The van der Waals surface area contributed by atoms with Gasteiger partial charge in [-0.3, -0.25) is 9.59 Å².